The Hall–Kier alpha value is -0.0600. The minimum atomic E-state index is -0.218. The number of amides is 1. The second-order valence-electron chi connectivity index (χ2n) is 3.61. The molecule has 0 rings (SSSR count). The van der Waals surface area contributed by atoms with Crippen LogP contribution in [0.4, 0.5) is 0 Å². The second kappa shape index (κ2) is 4.84. The van der Waals surface area contributed by atoms with Crippen LogP contribution in [0.2, 0.25) is 0 Å². The van der Waals surface area contributed by atoms with Crippen molar-refractivity contribution in [1.29, 1.82) is 0 Å². The largest absolute Gasteiger partial charge is 0.370 e. The Morgan fingerprint density at radius 1 is 1.58 bits per heavy atom. The number of halogens is 1. The molecule has 0 spiro atoms. The molecule has 12 heavy (non-hydrogen) atoms. The van der Waals surface area contributed by atoms with Crippen molar-refractivity contribution in [3.8, 4) is 0 Å². The highest BCUT2D eigenvalue weighted by molar-refractivity contribution is 14.1. The average Bonchev–Trinajstić information content (AvgIpc) is 1.85. The Bertz CT molecular complexity index is 187. The van der Waals surface area contributed by atoms with E-state index in [4.69, 9.17) is 5.73 Å². The molecule has 0 aliphatic heterocycles. The summed E-state index contributed by atoms with van der Waals surface area (Å²) in [4.78, 5) is 10.5. The Kier molecular flexibility index (Phi) is 4.82. The first-order chi connectivity index (χ1) is 5.36. The summed E-state index contributed by atoms with van der Waals surface area (Å²) in [5.74, 6) is -0.218. The van der Waals surface area contributed by atoms with Crippen LogP contribution in [0.15, 0.2) is 10.2 Å². The van der Waals surface area contributed by atoms with Gasteiger partial charge in [-0.25, -0.2) is 0 Å². The van der Waals surface area contributed by atoms with Crippen LogP contribution in [0.5, 0.6) is 0 Å². The van der Waals surface area contributed by atoms with E-state index in [2.05, 4.69) is 43.0 Å². The molecule has 70 valence electrons. The topological polar surface area (TPSA) is 43.1 Å². The summed E-state index contributed by atoms with van der Waals surface area (Å²) in [6.07, 6.45) is 2.30. The molecule has 0 aliphatic rings. The predicted octanol–water partition coefficient (Wildman–Crippen LogP) is 2.62. The monoisotopic (exact) mass is 281 g/mol. The maximum absolute atomic E-state index is 10.5. The molecule has 0 radical (unpaired) electrons. The standard InChI is InChI=1S/C9H16INO/c1-7(10)9(2,3)6-4-5-8(11)12/h1,4-6H2,2-3H3,(H2,11,12). The van der Waals surface area contributed by atoms with Gasteiger partial charge in [-0.1, -0.05) is 20.4 Å². The van der Waals surface area contributed by atoms with Crippen molar-refractivity contribution in [3.05, 3.63) is 10.2 Å². The number of carbonyl (C=O) groups excluding carboxylic acids is 1. The molecule has 0 atom stereocenters. The molecule has 1 amide bonds. The number of hydrogen-bond donors (Lipinski definition) is 1. The Morgan fingerprint density at radius 2 is 2.08 bits per heavy atom. The van der Waals surface area contributed by atoms with Crippen molar-refractivity contribution in [2.75, 3.05) is 0 Å². The van der Waals surface area contributed by atoms with Crippen LogP contribution >= 0.6 is 22.6 Å². The number of hydrogen-bond acceptors (Lipinski definition) is 1. The summed E-state index contributed by atoms with van der Waals surface area (Å²) >= 11 is 2.23. The van der Waals surface area contributed by atoms with Gasteiger partial charge in [0.2, 0.25) is 5.91 Å². The van der Waals surface area contributed by atoms with E-state index in [1.807, 2.05) is 0 Å². The maximum Gasteiger partial charge on any atom is 0.217 e. The van der Waals surface area contributed by atoms with E-state index in [9.17, 15) is 4.79 Å². The fourth-order valence-electron chi connectivity index (χ4n) is 0.840. The van der Waals surface area contributed by atoms with Gasteiger partial charge < -0.3 is 5.73 Å². The first-order valence-electron chi connectivity index (χ1n) is 3.99. The van der Waals surface area contributed by atoms with Crippen LogP contribution in [-0.2, 0) is 4.79 Å². The molecule has 0 aromatic carbocycles. The molecule has 0 aromatic rings. The zero-order valence-electron chi connectivity index (χ0n) is 7.69. The normalized spacial score (nSPS) is 11.2. The molecule has 3 heteroatoms. The molecule has 0 saturated carbocycles. The SMILES string of the molecule is C=C(I)C(C)(C)CCCC(N)=O. The van der Waals surface area contributed by atoms with E-state index < -0.39 is 0 Å². The van der Waals surface area contributed by atoms with Crippen molar-refractivity contribution < 1.29 is 4.79 Å². The molecule has 2 N–H and O–H groups in total. The van der Waals surface area contributed by atoms with Crippen LogP contribution in [0, 0.1) is 5.41 Å². The lowest BCUT2D eigenvalue weighted by molar-refractivity contribution is -0.118. The summed E-state index contributed by atoms with van der Waals surface area (Å²) < 4.78 is 1.13. The van der Waals surface area contributed by atoms with Crippen molar-refractivity contribution in [2.24, 2.45) is 11.1 Å². The fourth-order valence-corrected chi connectivity index (χ4v) is 1.11. The quantitative estimate of drug-likeness (QED) is 0.773. The van der Waals surface area contributed by atoms with Gasteiger partial charge in [0.25, 0.3) is 0 Å². The van der Waals surface area contributed by atoms with Crippen LogP contribution in [0.25, 0.3) is 0 Å². The van der Waals surface area contributed by atoms with Gasteiger partial charge in [0, 0.05) is 6.42 Å². The summed E-state index contributed by atoms with van der Waals surface area (Å²) in [5, 5.41) is 0. The van der Waals surface area contributed by atoms with Gasteiger partial charge >= 0.3 is 0 Å². The molecule has 0 saturated heterocycles. The van der Waals surface area contributed by atoms with E-state index in [0.29, 0.717) is 6.42 Å². The average molecular weight is 281 g/mol. The maximum atomic E-state index is 10.5. The van der Waals surface area contributed by atoms with Gasteiger partial charge in [0.1, 0.15) is 0 Å². The highest BCUT2D eigenvalue weighted by atomic mass is 127. The molecule has 0 unspecified atom stereocenters. The van der Waals surface area contributed by atoms with Crippen molar-refractivity contribution in [3.63, 3.8) is 0 Å². The Balaban J connectivity index is 3.76. The zero-order valence-corrected chi connectivity index (χ0v) is 9.85. The van der Waals surface area contributed by atoms with Gasteiger partial charge in [-0.2, -0.15) is 0 Å². The van der Waals surface area contributed by atoms with E-state index in [1.165, 1.54) is 0 Å². The van der Waals surface area contributed by atoms with Crippen molar-refractivity contribution in [2.45, 2.75) is 33.1 Å². The second-order valence-corrected chi connectivity index (χ2v) is 4.91. The Labute approximate surface area is 87.7 Å². The van der Waals surface area contributed by atoms with Crippen LogP contribution < -0.4 is 5.73 Å². The fraction of sp³-hybridized carbons (Fsp3) is 0.667. The first-order valence-corrected chi connectivity index (χ1v) is 5.07. The van der Waals surface area contributed by atoms with E-state index in [0.717, 1.165) is 16.4 Å². The number of primary amides is 1. The minimum absolute atomic E-state index is 0.121. The van der Waals surface area contributed by atoms with Gasteiger partial charge in [0.05, 0.1) is 0 Å². The third kappa shape index (κ3) is 4.74. The van der Waals surface area contributed by atoms with Crippen molar-refractivity contribution in [1.82, 2.24) is 0 Å². The lowest BCUT2D eigenvalue weighted by Gasteiger charge is -2.23. The minimum Gasteiger partial charge on any atom is -0.370 e. The molecular formula is C9H16INO. The Morgan fingerprint density at radius 3 is 2.42 bits per heavy atom. The van der Waals surface area contributed by atoms with E-state index in [-0.39, 0.29) is 11.3 Å². The summed E-state index contributed by atoms with van der Waals surface area (Å²) in [6.45, 7) is 8.15. The molecule has 0 fully saturated rings. The number of carbonyl (C=O) groups is 1. The summed E-state index contributed by atoms with van der Waals surface area (Å²) in [7, 11) is 0. The van der Waals surface area contributed by atoms with Gasteiger partial charge in [-0.05, 0) is 44.4 Å². The molecule has 2 nitrogen and oxygen atoms in total. The number of nitrogens with two attached hydrogens (primary N) is 1. The molecule has 0 aromatic heterocycles. The lowest BCUT2D eigenvalue weighted by atomic mass is 9.87. The van der Waals surface area contributed by atoms with E-state index in [1.54, 1.807) is 0 Å². The van der Waals surface area contributed by atoms with Gasteiger partial charge in [-0.15, -0.1) is 0 Å². The van der Waals surface area contributed by atoms with Crippen LogP contribution in [0.3, 0.4) is 0 Å². The smallest absolute Gasteiger partial charge is 0.217 e. The summed E-state index contributed by atoms with van der Waals surface area (Å²) in [6, 6.07) is 0. The van der Waals surface area contributed by atoms with Crippen molar-refractivity contribution >= 4 is 28.5 Å². The highest BCUT2D eigenvalue weighted by Gasteiger charge is 2.19. The van der Waals surface area contributed by atoms with Crippen LogP contribution in [0.1, 0.15) is 33.1 Å². The lowest BCUT2D eigenvalue weighted by Crippen LogP contribution is -2.14. The third-order valence-corrected chi connectivity index (χ3v) is 3.42. The molecule has 0 aliphatic carbocycles. The van der Waals surface area contributed by atoms with Gasteiger partial charge in [0.15, 0.2) is 0 Å². The highest BCUT2D eigenvalue weighted by Crippen LogP contribution is 2.34. The first kappa shape index (κ1) is 11.9. The number of allylic oxidation sites excluding steroid dienone is 1. The molecule has 0 bridgehead atoms. The molecular weight excluding hydrogens is 265 g/mol. The van der Waals surface area contributed by atoms with Crippen LogP contribution in [-0.4, -0.2) is 5.91 Å². The zero-order chi connectivity index (χ0) is 9.78. The molecule has 0 heterocycles. The number of rotatable bonds is 5. The van der Waals surface area contributed by atoms with E-state index >= 15 is 0 Å². The van der Waals surface area contributed by atoms with Gasteiger partial charge in [-0.3, -0.25) is 4.79 Å². The summed E-state index contributed by atoms with van der Waals surface area (Å²) in [5.41, 5.74) is 5.16. The predicted molar refractivity (Wildman–Crippen MR) is 60.0 cm³/mol. The third-order valence-electron chi connectivity index (χ3n) is 1.96.